The number of carbonyl (C=O) groups excluding carboxylic acids is 1. The second kappa shape index (κ2) is 7.06. The van der Waals surface area contributed by atoms with Crippen molar-refractivity contribution in [2.24, 2.45) is 0 Å². The molecule has 1 saturated heterocycles. The molecule has 0 radical (unpaired) electrons. The Kier molecular flexibility index (Phi) is 4.38. The van der Waals surface area contributed by atoms with Crippen LogP contribution in [0.4, 0.5) is 16.2 Å². The van der Waals surface area contributed by atoms with Gasteiger partial charge >= 0.3 is 6.03 Å². The van der Waals surface area contributed by atoms with Crippen molar-refractivity contribution in [3.8, 4) is 17.2 Å². The smallest absolute Gasteiger partial charge is 0.321 e. The molecule has 2 N–H and O–H groups in total. The number of rotatable bonds is 2. The quantitative estimate of drug-likeness (QED) is 0.809. The van der Waals surface area contributed by atoms with Crippen LogP contribution in [-0.4, -0.2) is 48.0 Å². The maximum atomic E-state index is 12.7. The molecule has 5 rings (SSSR count). The molecule has 2 aromatic rings. The van der Waals surface area contributed by atoms with Gasteiger partial charge in [0.15, 0.2) is 11.5 Å². The molecule has 0 aromatic heterocycles. The molecular weight excluding hydrogens is 370 g/mol. The number of amides is 2. The zero-order chi connectivity index (χ0) is 19.8. The number of phenols is 1. The fraction of sp³-hybridized carbons (Fsp3) is 0.409. The van der Waals surface area contributed by atoms with Gasteiger partial charge in [0.1, 0.15) is 5.75 Å². The number of ether oxygens (including phenoxy) is 2. The van der Waals surface area contributed by atoms with Crippen LogP contribution in [-0.2, 0) is 0 Å². The molecule has 1 saturated carbocycles. The average Bonchev–Trinajstić information content (AvgIpc) is 3.33. The highest BCUT2D eigenvalue weighted by Gasteiger charge is 2.44. The van der Waals surface area contributed by atoms with Gasteiger partial charge in [-0.2, -0.15) is 0 Å². The van der Waals surface area contributed by atoms with E-state index in [0.29, 0.717) is 24.5 Å². The van der Waals surface area contributed by atoms with Gasteiger partial charge in [-0.15, -0.1) is 0 Å². The van der Waals surface area contributed by atoms with Crippen molar-refractivity contribution in [1.82, 2.24) is 4.90 Å². The van der Waals surface area contributed by atoms with Crippen molar-refractivity contribution in [3.05, 3.63) is 42.5 Å². The van der Waals surface area contributed by atoms with Crippen molar-refractivity contribution in [1.29, 1.82) is 0 Å². The van der Waals surface area contributed by atoms with Gasteiger partial charge in [-0.1, -0.05) is 6.07 Å². The van der Waals surface area contributed by atoms with Gasteiger partial charge in [0, 0.05) is 62.5 Å². The normalized spacial score (nSPS) is 19.6. The van der Waals surface area contributed by atoms with E-state index in [-0.39, 0.29) is 11.8 Å². The molecule has 2 aliphatic heterocycles. The number of piperazine rings is 1. The SMILES string of the molecule is O=C(Nc1ccc2c(c1)OC1(CCCC1)O2)N1CCN(c2cccc(O)c2)CC1. The number of fused-ring (bicyclic) bond motifs is 1. The summed E-state index contributed by atoms with van der Waals surface area (Å²) in [6.45, 7) is 2.69. The molecule has 2 heterocycles. The lowest BCUT2D eigenvalue weighted by Crippen LogP contribution is -2.50. The monoisotopic (exact) mass is 395 g/mol. The van der Waals surface area contributed by atoms with E-state index >= 15 is 0 Å². The summed E-state index contributed by atoms with van der Waals surface area (Å²) in [6, 6.07) is 12.7. The van der Waals surface area contributed by atoms with Gasteiger partial charge in [0.25, 0.3) is 5.79 Å². The van der Waals surface area contributed by atoms with Gasteiger partial charge in [0.05, 0.1) is 0 Å². The Labute approximate surface area is 169 Å². The lowest BCUT2D eigenvalue weighted by Gasteiger charge is -2.36. The number of aromatic hydroxyl groups is 1. The van der Waals surface area contributed by atoms with Crippen LogP contribution in [0.15, 0.2) is 42.5 Å². The first-order valence-electron chi connectivity index (χ1n) is 10.2. The Balaban J connectivity index is 1.19. The summed E-state index contributed by atoms with van der Waals surface area (Å²) in [6.07, 6.45) is 4.05. The molecule has 7 heteroatoms. The van der Waals surface area contributed by atoms with E-state index in [4.69, 9.17) is 9.47 Å². The highest BCUT2D eigenvalue weighted by Crippen LogP contribution is 2.47. The minimum absolute atomic E-state index is 0.116. The number of hydrogen-bond donors (Lipinski definition) is 2. The number of anilines is 2. The summed E-state index contributed by atoms with van der Waals surface area (Å²) in [7, 11) is 0. The standard InChI is InChI=1S/C22H25N3O4/c26-18-5-3-4-17(15-18)24-10-12-25(13-11-24)21(27)23-16-6-7-19-20(14-16)29-22(28-19)8-1-2-9-22/h3-7,14-15,26H,1-2,8-13H2,(H,23,27). The maximum absolute atomic E-state index is 12.7. The summed E-state index contributed by atoms with van der Waals surface area (Å²) in [5, 5.41) is 12.6. The molecule has 0 bridgehead atoms. The highest BCUT2D eigenvalue weighted by molar-refractivity contribution is 5.90. The van der Waals surface area contributed by atoms with Crippen LogP contribution in [0.3, 0.4) is 0 Å². The van der Waals surface area contributed by atoms with Crippen LogP contribution in [0.5, 0.6) is 17.2 Å². The number of urea groups is 1. The zero-order valence-corrected chi connectivity index (χ0v) is 16.3. The van der Waals surface area contributed by atoms with Crippen LogP contribution in [0, 0.1) is 0 Å². The van der Waals surface area contributed by atoms with E-state index in [1.54, 1.807) is 12.1 Å². The van der Waals surface area contributed by atoms with Crippen molar-refractivity contribution >= 4 is 17.4 Å². The summed E-state index contributed by atoms with van der Waals surface area (Å²) in [5.41, 5.74) is 1.68. The molecule has 152 valence electrons. The molecule has 1 spiro atoms. The minimum atomic E-state index is -0.493. The Hall–Kier alpha value is -3.09. The lowest BCUT2D eigenvalue weighted by atomic mass is 10.2. The maximum Gasteiger partial charge on any atom is 0.321 e. The topological polar surface area (TPSA) is 74.3 Å². The van der Waals surface area contributed by atoms with Crippen LogP contribution in [0.25, 0.3) is 0 Å². The van der Waals surface area contributed by atoms with Crippen LogP contribution < -0.4 is 19.7 Å². The predicted octanol–water partition coefficient (Wildman–Crippen LogP) is 3.79. The molecule has 0 unspecified atom stereocenters. The van der Waals surface area contributed by atoms with Crippen LogP contribution in [0.2, 0.25) is 0 Å². The number of benzene rings is 2. The third-order valence-corrected chi connectivity index (χ3v) is 5.91. The van der Waals surface area contributed by atoms with E-state index in [0.717, 1.165) is 50.2 Å². The number of carbonyl (C=O) groups is 1. The first-order chi connectivity index (χ1) is 14.1. The summed E-state index contributed by atoms with van der Waals surface area (Å²) in [5.74, 6) is 1.22. The molecule has 2 aromatic carbocycles. The molecule has 1 aliphatic carbocycles. The Morgan fingerprint density at radius 2 is 1.72 bits per heavy atom. The van der Waals surface area contributed by atoms with E-state index in [9.17, 15) is 9.90 Å². The Morgan fingerprint density at radius 3 is 2.48 bits per heavy atom. The van der Waals surface area contributed by atoms with Gasteiger partial charge in [-0.3, -0.25) is 0 Å². The van der Waals surface area contributed by atoms with Gasteiger partial charge < -0.3 is 29.7 Å². The Bertz CT molecular complexity index is 918. The van der Waals surface area contributed by atoms with Gasteiger partial charge in [0.2, 0.25) is 0 Å². The third kappa shape index (κ3) is 3.52. The van der Waals surface area contributed by atoms with Crippen LogP contribution >= 0.6 is 0 Å². The summed E-state index contributed by atoms with van der Waals surface area (Å²) < 4.78 is 12.1. The number of nitrogens with one attached hydrogen (secondary N) is 1. The first kappa shape index (κ1) is 18.0. The lowest BCUT2D eigenvalue weighted by molar-refractivity contribution is -0.0716. The van der Waals surface area contributed by atoms with Crippen LogP contribution in [0.1, 0.15) is 25.7 Å². The van der Waals surface area contributed by atoms with Crippen molar-refractivity contribution < 1.29 is 19.4 Å². The summed E-state index contributed by atoms with van der Waals surface area (Å²) >= 11 is 0. The summed E-state index contributed by atoms with van der Waals surface area (Å²) in [4.78, 5) is 16.7. The van der Waals surface area contributed by atoms with Crippen molar-refractivity contribution in [2.45, 2.75) is 31.5 Å². The average molecular weight is 395 g/mol. The minimum Gasteiger partial charge on any atom is -0.508 e. The van der Waals surface area contributed by atoms with Gasteiger partial charge in [-0.05, 0) is 37.1 Å². The third-order valence-electron chi connectivity index (χ3n) is 5.91. The second-order valence-corrected chi connectivity index (χ2v) is 7.91. The fourth-order valence-corrected chi connectivity index (χ4v) is 4.35. The molecule has 0 atom stereocenters. The van der Waals surface area contributed by atoms with Crippen molar-refractivity contribution in [3.63, 3.8) is 0 Å². The van der Waals surface area contributed by atoms with Gasteiger partial charge in [-0.25, -0.2) is 4.79 Å². The predicted molar refractivity (Wildman–Crippen MR) is 110 cm³/mol. The molecule has 2 amide bonds. The molecule has 3 aliphatic rings. The Morgan fingerprint density at radius 1 is 0.966 bits per heavy atom. The second-order valence-electron chi connectivity index (χ2n) is 7.91. The first-order valence-corrected chi connectivity index (χ1v) is 10.2. The number of nitrogens with zero attached hydrogens (tertiary/aromatic N) is 2. The largest absolute Gasteiger partial charge is 0.508 e. The highest BCUT2D eigenvalue weighted by atomic mass is 16.7. The van der Waals surface area contributed by atoms with E-state index in [1.807, 2.05) is 35.2 Å². The number of hydrogen-bond acceptors (Lipinski definition) is 5. The zero-order valence-electron chi connectivity index (χ0n) is 16.3. The molecule has 29 heavy (non-hydrogen) atoms. The van der Waals surface area contributed by atoms with Crippen molar-refractivity contribution in [2.75, 3.05) is 36.4 Å². The van der Waals surface area contributed by atoms with E-state index < -0.39 is 5.79 Å². The molecular formula is C22H25N3O4. The fourth-order valence-electron chi connectivity index (χ4n) is 4.35. The van der Waals surface area contributed by atoms with E-state index in [1.165, 1.54) is 0 Å². The molecule has 2 fully saturated rings. The van der Waals surface area contributed by atoms with E-state index in [2.05, 4.69) is 10.2 Å². The number of phenolic OH excluding ortho intramolecular Hbond substituents is 1. The molecule has 7 nitrogen and oxygen atoms in total.